The number of hydrogen-bond donors (Lipinski definition) is 1. The van der Waals surface area contributed by atoms with Crippen molar-refractivity contribution in [2.45, 2.75) is 20.4 Å². The molecule has 0 atom stereocenters. The van der Waals surface area contributed by atoms with Crippen LogP contribution in [0.5, 0.6) is 0 Å². The Bertz CT molecular complexity index is 868. The predicted molar refractivity (Wildman–Crippen MR) is 93.5 cm³/mol. The van der Waals surface area contributed by atoms with E-state index in [1.807, 2.05) is 24.3 Å². The van der Waals surface area contributed by atoms with Crippen LogP contribution in [0.2, 0.25) is 0 Å². The highest BCUT2D eigenvalue weighted by atomic mass is 16.2. The summed E-state index contributed by atoms with van der Waals surface area (Å²) in [6.45, 7) is 4.62. The quantitative estimate of drug-likeness (QED) is 0.804. The average Bonchev–Trinajstić information content (AvgIpc) is 2.98. The van der Waals surface area contributed by atoms with Gasteiger partial charge in [-0.1, -0.05) is 12.1 Å². The molecule has 0 unspecified atom stereocenters. The van der Waals surface area contributed by atoms with Crippen molar-refractivity contribution in [3.8, 4) is 11.3 Å². The maximum atomic E-state index is 12.4. The summed E-state index contributed by atoms with van der Waals surface area (Å²) in [5.74, 6) is -0.142. The molecule has 0 fully saturated rings. The molecule has 0 aliphatic heterocycles. The number of aryl methyl sites for hydroxylation is 3. The van der Waals surface area contributed by atoms with Crippen molar-refractivity contribution in [3.63, 3.8) is 0 Å². The van der Waals surface area contributed by atoms with Gasteiger partial charge < -0.3 is 5.32 Å². The zero-order valence-corrected chi connectivity index (χ0v) is 14.1. The van der Waals surface area contributed by atoms with E-state index in [1.165, 1.54) is 11.1 Å². The molecule has 0 radical (unpaired) electrons. The number of rotatable bonds is 4. The summed E-state index contributed by atoms with van der Waals surface area (Å²) in [5.41, 5.74) is 5.82. The van der Waals surface area contributed by atoms with E-state index < -0.39 is 0 Å². The van der Waals surface area contributed by atoms with Crippen molar-refractivity contribution in [2.75, 3.05) is 0 Å². The lowest BCUT2D eigenvalue weighted by molar-refractivity contribution is 0.0941. The lowest BCUT2D eigenvalue weighted by atomic mass is 10.0. The van der Waals surface area contributed by atoms with Gasteiger partial charge in [0.15, 0.2) is 0 Å². The van der Waals surface area contributed by atoms with E-state index in [9.17, 15) is 4.79 Å². The molecular weight excluding hydrogens is 300 g/mol. The van der Waals surface area contributed by atoms with Crippen molar-refractivity contribution < 1.29 is 4.79 Å². The Morgan fingerprint density at radius 1 is 1.08 bits per heavy atom. The molecule has 1 aromatic carbocycles. The highest BCUT2D eigenvalue weighted by Crippen LogP contribution is 2.21. The minimum absolute atomic E-state index is 0.142. The average molecular weight is 320 g/mol. The van der Waals surface area contributed by atoms with Crippen LogP contribution in [0.3, 0.4) is 0 Å². The molecular formula is C19H20N4O. The topological polar surface area (TPSA) is 59.8 Å². The molecule has 1 N–H and O–H groups in total. The minimum atomic E-state index is -0.142. The summed E-state index contributed by atoms with van der Waals surface area (Å²) in [7, 11) is 1.78. The van der Waals surface area contributed by atoms with Gasteiger partial charge >= 0.3 is 0 Å². The van der Waals surface area contributed by atoms with Gasteiger partial charge in [-0.2, -0.15) is 5.10 Å². The van der Waals surface area contributed by atoms with Gasteiger partial charge in [0.1, 0.15) is 5.69 Å². The third-order valence-corrected chi connectivity index (χ3v) is 4.12. The van der Waals surface area contributed by atoms with E-state index in [2.05, 4.69) is 41.4 Å². The molecule has 3 rings (SSSR count). The van der Waals surface area contributed by atoms with Crippen LogP contribution < -0.4 is 5.32 Å². The first kappa shape index (κ1) is 15.9. The number of benzene rings is 1. The van der Waals surface area contributed by atoms with Gasteiger partial charge in [0.2, 0.25) is 0 Å². The molecule has 1 amide bonds. The predicted octanol–water partition coefficient (Wildman–Crippen LogP) is 3.03. The largest absolute Gasteiger partial charge is 0.347 e. The number of hydrogen-bond acceptors (Lipinski definition) is 3. The molecule has 3 aromatic rings. The van der Waals surface area contributed by atoms with E-state index in [4.69, 9.17) is 0 Å². The van der Waals surface area contributed by atoms with Gasteiger partial charge in [-0.3, -0.25) is 14.5 Å². The number of nitrogens with one attached hydrogen (secondary N) is 1. The highest BCUT2D eigenvalue weighted by molar-refractivity contribution is 5.93. The van der Waals surface area contributed by atoms with E-state index >= 15 is 0 Å². The molecule has 2 heterocycles. The number of aromatic nitrogens is 3. The Labute approximate surface area is 141 Å². The Hall–Kier alpha value is -2.95. The van der Waals surface area contributed by atoms with Gasteiger partial charge in [-0.05, 0) is 54.8 Å². The molecule has 0 bridgehead atoms. The monoisotopic (exact) mass is 320 g/mol. The summed E-state index contributed by atoms with van der Waals surface area (Å²) in [6, 6.07) is 11.8. The molecule has 122 valence electrons. The summed E-state index contributed by atoms with van der Waals surface area (Å²) in [4.78, 5) is 16.4. The fourth-order valence-electron chi connectivity index (χ4n) is 2.50. The normalized spacial score (nSPS) is 10.6. The molecule has 0 aliphatic rings. The number of carbonyl (C=O) groups is 1. The standard InChI is InChI=1S/C19H20N4O/c1-13-4-5-16(10-14(13)2)17-11-18(23(3)22-17)19(24)21-12-15-6-8-20-9-7-15/h4-11H,12H2,1-3H3,(H,21,24). The van der Waals surface area contributed by atoms with E-state index in [-0.39, 0.29) is 5.91 Å². The zero-order valence-electron chi connectivity index (χ0n) is 14.1. The van der Waals surface area contributed by atoms with Gasteiger partial charge in [-0.15, -0.1) is 0 Å². The van der Waals surface area contributed by atoms with Crippen LogP contribution >= 0.6 is 0 Å². The summed E-state index contributed by atoms with van der Waals surface area (Å²) < 4.78 is 1.62. The number of amides is 1. The summed E-state index contributed by atoms with van der Waals surface area (Å²) >= 11 is 0. The lowest BCUT2D eigenvalue weighted by Gasteiger charge is -2.04. The Kier molecular flexibility index (Phi) is 4.42. The van der Waals surface area contributed by atoms with Crippen LogP contribution in [0, 0.1) is 13.8 Å². The molecule has 5 nitrogen and oxygen atoms in total. The Morgan fingerprint density at radius 2 is 1.83 bits per heavy atom. The molecule has 0 saturated heterocycles. The van der Waals surface area contributed by atoms with E-state index in [1.54, 1.807) is 24.1 Å². The number of pyridine rings is 1. The van der Waals surface area contributed by atoms with E-state index in [0.29, 0.717) is 12.2 Å². The maximum absolute atomic E-state index is 12.4. The van der Waals surface area contributed by atoms with Gasteiger partial charge in [0, 0.05) is 31.5 Å². The third kappa shape index (κ3) is 3.35. The van der Waals surface area contributed by atoms with Crippen LogP contribution in [0.1, 0.15) is 27.2 Å². The fourth-order valence-corrected chi connectivity index (χ4v) is 2.50. The number of carbonyl (C=O) groups excluding carboxylic acids is 1. The van der Waals surface area contributed by atoms with Crippen LogP contribution in [0.4, 0.5) is 0 Å². The first-order valence-corrected chi connectivity index (χ1v) is 7.83. The van der Waals surface area contributed by atoms with Crippen molar-refractivity contribution >= 4 is 5.91 Å². The Morgan fingerprint density at radius 3 is 2.54 bits per heavy atom. The van der Waals surface area contributed by atoms with Crippen LogP contribution in [0.25, 0.3) is 11.3 Å². The Balaban J connectivity index is 1.78. The zero-order chi connectivity index (χ0) is 17.1. The smallest absolute Gasteiger partial charge is 0.269 e. The summed E-state index contributed by atoms with van der Waals surface area (Å²) in [6.07, 6.45) is 3.42. The van der Waals surface area contributed by atoms with Crippen molar-refractivity contribution in [1.29, 1.82) is 0 Å². The van der Waals surface area contributed by atoms with Crippen molar-refractivity contribution in [3.05, 3.63) is 71.2 Å². The number of nitrogens with zero attached hydrogens (tertiary/aromatic N) is 3. The van der Waals surface area contributed by atoms with E-state index in [0.717, 1.165) is 16.8 Å². The van der Waals surface area contributed by atoms with Gasteiger partial charge in [0.25, 0.3) is 5.91 Å². The molecule has 0 saturated carbocycles. The third-order valence-electron chi connectivity index (χ3n) is 4.12. The first-order valence-electron chi connectivity index (χ1n) is 7.83. The van der Waals surface area contributed by atoms with Crippen molar-refractivity contribution in [1.82, 2.24) is 20.1 Å². The minimum Gasteiger partial charge on any atom is -0.347 e. The molecule has 5 heteroatoms. The van der Waals surface area contributed by atoms with Gasteiger partial charge in [0.05, 0.1) is 5.69 Å². The second-order valence-electron chi connectivity index (χ2n) is 5.88. The lowest BCUT2D eigenvalue weighted by Crippen LogP contribution is -2.25. The second kappa shape index (κ2) is 6.66. The SMILES string of the molecule is Cc1ccc(-c2cc(C(=O)NCc3ccncc3)n(C)n2)cc1C. The highest BCUT2D eigenvalue weighted by Gasteiger charge is 2.14. The van der Waals surface area contributed by atoms with Crippen molar-refractivity contribution in [2.24, 2.45) is 7.05 Å². The van der Waals surface area contributed by atoms with Crippen LogP contribution in [0.15, 0.2) is 48.8 Å². The fraction of sp³-hybridized carbons (Fsp3) is 0.211. The summed E-state index contributed by atoms with van der Waals surface area (Å²) in [5, 5.41) is 7.39. The van der Waals surface area contributed by atoms with Crippen LogP contribution in [-0.2, 0) is 13.6 Å². The van der Waals surface area contributed by atoms with Gasteiger partial charge in [-0.25, -0.2) is 0 Å². The molecule has 24 heavy (non-hydrogen) atoms. The molecule has 0 spiro atoms. The van der Waals surface area contributed by atoms with Crippen LogP contribution in [-0.4, -0.2) is 20.7 Å². The maximum Gasteiger partial charge on any atom is 0.269 e. The second-order valence-corrected chi connectivity index (χ2v) is 5.88. The molecule has 2 aromatic heterocycles. The molecule has 0 aliphatic carbocycles. The first-order chi connectivity index (χ1) is 11.5.